The third-order valence-corrected chi connectivity index (χ3v) is 8.18. The molecule has 7 nitrogen and oxygen atoms in total. The molecular formula is C33H52N2O5S. The van der Waals surface area contributed by atoms with E-state index in [1.165, 1.54) is 75.5 Å². The molecule has 41 heavy (non-hydrogen) atoms. The van der Waals surface area contributed by atoms with Crippen molar-refractivity contribution in [1.29, 1.82) is 0 Å². The highest BCUT2D eigenvalue weighted by atomic mass is 32.1. The van der Waals surface area contributed by atoms with Crippen LogP contribution in [0.4, 0.5) is 4.79 Å². The monoisotopic (exact) mass is 588 g/mol. The Morgan fingerprint density at radius 3 is 2.10 bits per heavy atom. The summed E-state index contributed by atoms with van der Waals surface area (Å²) in [4.78, 5) is 25.5. The zero-order valence-electron chi connectivity index (χ0n) is 25.6. The molecule has 1 atom stereocenters. The molecule has 0 bridgehead atoms. The smallest absolute Gasteiger partial charge is 0.416 e. The minimum Gasteiger partial charge on any atom is -0.468 e. The number of carbonyl (C=O) groups is 2. The van der Waals surface area contributed by atoms with Crippen LogP contribution < -0.4 is 5.32 Å². The van der Waals surface area contributed by atoms with Gasteiger partial charge < -0.3 is 19.9 Å². The maximum absolute atomic E-state index is 13.2. The quantitative estimate of drug-likeness (QED) is 0.0853. The van der Waals surface area contributed by atoms with Crippen molar-refractivity contribution in [3.63, 3.8) is 0 Å². The molecule has 0 fully saturated rings. The fraction of sp³-hybridized carbons (Fsp3) is 0.667. The number of hydrogen-bond acceptors (Lipinski definition) is 6. The average Bonchev–Trinajstić information content (AvgIpc) is 2.96. The summed E-state index contributed by atoms with van der Waals surface area (Å²) >= 11 is 5.61. The molecule has 2 rings (SSSR count). The van der Waals surface area contributed by atoms with Crippen molar-refractivity contribution in [2.24, 2.45) is 0 Å². The standard InChI is InChI=1S/C33H52N2O5S/c1-4-6-7-8-9-10-11-12-13-14-15-16-17-19-27-20-18-21-28(24-36)30(27)31-29(22-23-39-25-37)26(3)34-32(41)35(31)33(38)40-5-2/h18,20-21,25,31,36H,4-17,19,22-24H2,1-3H3,(H,34,41). The van der Waals surface area contributed by atoms with Gasteiger partial charge in [0.05, 0.1) is 25.9 Å². The first kappa shape index (κ1) is 34.7. The largest absolute Gasteiger partial charge is 0.468 e. The Kier molecular flexibility index (Phi) is 17.3. The molecule has 8 heteroatoms. The van der Waals surface area contributed by atoms with Crippen molar-refractivity contribution in [3.05, 3.63) is 46.2 Å². The number of aliphatic hydroxyl groups excluding tert-OH is 1. The van der Waals surface area contributed by atoms with Crippen molar-refractivity contribution >= 4 is 29.9 Å². The van der Waals surface area contributed by atoms with E-state index in [0.29, 0.717) is 12.9 Å². The number of ether oxygens (including phenoxy) is 2. The first-order valence-electron chi connectivity index (χ1n) is 15.7. The predicted molar refractivity (Wildman–Crippen MR) is 168 cm³/mol. The molecular weight excluding hydrogens is 536 g/mol. The van der Waals surface area contributed by atoms with Gasteiger partial charge in [-0.05, 0) is 61.2 Å². The molecule has 1 aromatic carbocycles. The van der Waals surface area contributed by atoms with Crippen LogP contribution in [0.15, 0.2) is 29.5 Å². The Morgan fingerprint density at radius 1 is 0.951 bits per heavy atom. The Morgan fingerprint density at radius 2 is 1.54 bits per heavy atom. The van der Waals surface area contributed by atoms with E-state index in [9.17, 15) is 14.7 Å². The van der Waals surface area contributed by atoms with E-state index in [2.05, 4.69) is 18.3 Å². The predicted octanol–water partition coefficient (Wildman–Crippen LogP) is 8.04. The highest BCUT2D eigenvalue weighted by Crippen LogP contribution is 2.40. The third-order valence-electron chi connectivity index (χ3n) is 7.89. The number of thiocarbonyl (C=S) groups is 1. The average molecular weight is 589 g/mol. The van der Waals surface area contributed by atoms with Crippen molar-refractivity contribution in [1.82, 2.24) is 10.2 Å². The van der Waals surface area contributed by atoms with Gasteiger partial charge in [-0.2, -0.15) is 0 Å². The lowest BCUT2D eigenvalue weighted by Gasteiger charge is -2.40. The SMILES string of the molecule is CCCCCCCCCCCCCCCc1cccc(CO)c1C1C(CCOC=O)=C(C)NC(=S)N1C(=O)OCC. The van der Waals surface area contributed by atoms with Gasteiger partial charge in [0.1, 0.15) is 0 Å². The molecule has 0 saturated carbocycles. The fourth-order valence-corrected chi connectivity index (χ4v) is 6.04. The van der Waals surface area contributed by atoms with Crippen molar-refractivity contribution in [2.45, 2.75) is 130 Å². The van der Waals surface area contributed by atoms with Gasteiger partial charge in [0, 0.05) is 12.1 Å². The van der Waals surface area contributed by atoms with Crippen LogP contribution in [0.3, 0.4) is 0 Å². The summed E-state index contributed by atoms with van der Waals surface area (Å²) in [5, 5.41) is 13.7. The molecule has 1 unspecified atom stereocenters. The first-order valence-corrected chi connectivity index (χ1v) is 16.1. The second kappa shape index (κ2) is 20.4. The molecule has 1 aromatic rings. The minimum atomic E-state index is -0.557. The number of nitrogens with one attached hydrogen (secondary N) is 1. The van der Waals surface area contributed by atoms with Gasteiger partial charge in [0.25, 0.3) is 6.47 Å². The Labute approximate surface area is 253 Å². The summed E-state index contributed by atoms with van der Waals surface area (Å²) in [5.74, 6) is 0. The number of benzene rings is 1. The van der Waals surface area contributed by atoms with E-state index in [1.807, 2.05) is 19.1 Å². The Hall–Kier alpha value is -2.45. The summed E-state index contributed by atoms with van der Waals surface area (Å²) in [6, 6.07) is 5.38. The van der Waals surface area contributed by atoms with Crippen LogP contribution >= 0.6 is 12.2 Å². The molecule has 2 N–H and O–H groups in total. The van der Waals surface area contributed by atoms with Crippen LogP contribution in [-0.4, -0.2) is 40.9 Å². The Balaban J connectivity index is 2.09. The van der Waals surface area contributed by atoms with Crippen LogP contribution in [0.1, 0.15) is 133 Å². The number of aryl methyl sites for hydroxylation is 1. The van der Waals surface area contributed by atoms with Gasteiger partial charge in [-0.25, -0.2) is 9.69 Å². The summed E-state index contributed by atoms with van der Waals surface area (Å²) in [6.45, 7) is 6.58. The highest BCUT2D eigenvalue weighted by Gasteiger charge is 2.39. The lowest BCUT2D eigenvalue weighted by Crippen LogP contribution is -2.50. The van der Waals surface area contributed by atoms with Crippen LogP contribution in [0.2, 0.25) is 0 Å². The number of carbonyl (C=O) groups excluding carboxylic acids is 2. The second-order valence-corrected chi connectivity index (χ2v) is 11.3. The molecule has 1 heterocycles. The number of amides is 1. The molecule has 0 aliphatic carbocycles. The molecule has 1 amide bonds. The molecule has 1 aliphatic rings. The number of aliphatic hydroxyl groups is 1. The molecule has 0 radical (unpaired) electrons. The molecule has 0 aromatic heterocycles. The maximum atomic E-state index is 13.2. The number of rotatable bonds is 21. The van der Waals surface area contributed by atoms with Crippen molar-refractivity contribution in [3.8, 4) is 0 Å². The first-order chi connectivity index (χ1) is 20.0. The zero-order chi connectivity index (χ0) is 29.9. The lowest BCUT2D eigenvalue weighted by atomic mass is 9.84. The van der Waals surface area contributed by atoms with Gasteiger partial charge in [0.15, 0.2) is 5.11 Å². The molecule has 230 valence electrons. The molecule has 0 spiro atoms. The molecule has 1 aliphatic heterocycles. The van der Waals surface area contributed by atoms with Gasteiger partial charge >= 0.3 is 6.09 Å². The summed E-state index contributed by atoms with van der Waals surface area (Å²) < 4.78 is 10.4. The summed E-state index contributed by atoms with van der Waals surface area (Å²) in [6.07, 6.45) is 17.5. The van der Waals surface area contributed by atoms with Crippen LogP contribution in [-0.2, 0) is 27.3 Å². The van der Waals surface area contributed by atoms with Gasteiger partial charge in [-0.15, -0.1) is 0 Å². The van der Waals surface area contributed by atoms with E-state index in [0.717, 1.165) is 47.2 Å². The molecule has 0 saturated heterocycles. The number of unbranched alkanes of at least 4 members (excludes halogenated alkanes) is 12. The van der Waals surface area contributed by atoms with E-state index in [4.69, 9.17) is 21.7 Å². The van der Waals surface area contributed by atoms with Gasteiger partial charge in [-0.3, -0.25) is 4.79 Å². The van der Waals surface area contributed by atoms with Gasteiger partial charge in [0.2, 0.25) is 0 Å². The van der Waals surface area contributed by atoms with E-state index >= 15 is 0 Å². The van der Waals surface area contributed by atoms with E-state index in [-0.39, 0.29) is 24.9 Å². The lowest BCUT2D eigenvalue weighted by molar-refractivity contribution is -0.128. The summed E-state index contributed by atoms with van der Waals surface area (Å²) in [7, 11) is 0. The minimum absolute atomic E-state index is 0.160. The van der Waals surface area contributed by atoms with Crippen molar-refractivity contribution < 1.29 is 24.2 Å². The zero-order valence-corrected chi connectivity index (χ0v) is 26.4. The van der Waals surface area contributed by atoms with Crippen LogP contribution in [0.25, 0.3) is 0 Å². The second-order valence-electron chi connectivity index (χ2n) is 10.9. The topological polar surface area (TPSA) is 88.1 Å². The Bertz CT molecular complexity index is 980. The number of hydrogen-bond donors (Lipinski definition) is 2. The maximum Gasteiger partial charge on any atom is 0.416 e. The van der Waals surface area contributed by atoms with Crippen LogP contribution in [0.5, 0.6) is 0 Å². The van der Waals surface area contributed by atoms with E-state index in [1.54, 1.807) is 6.92 Å². The third kappa shape index (κ3) is 11.4. The summed E-state index contributed by atoms with van der Waals surface area (Å²) in [5.41, 5.74) is 4.41. The van der Waals surface area contributed by atoms with E-state index < -0.39 is 12.1 Å². The van der Waals surface area contributed by atoms with Crippen LogP contribution in [0, 0.1) is 0 Å². The number of allylic oxidation sites excluding steroid dienone is 1. The highest BCUT2D eigenvalue weighted by molar-refractivity contribution is 7.80. The van der Waals surface area contributed by atoms with Gasteiger partial charge in [-0.1, -0.05) is 102 Å². The number of nitrogens with zero attached hydrogens (tertiary/aromatic N) is 1. The normalized spacial score (nSPS) is 15.2. The fourth-order valence-electron chi connectivity index (χ4n) is 5.71. The van der Waals surface area contributed by atoms with Crippen molar-refractivity contribution in [2.75, 3.05) is 13.2 Å².